The number of carbonyl (C=O) groups excluding carboxylic acids is 2. The lowest BCUT2D eigenvalue weighted by Gasteiger charge is -2.25. The minimum Gasteiger partial charge on any atom is -0.507 e. The van der Waals surface area contributed by atoms with Crippen LogP contribution >= 0.6 is 11.6 Å². The average Bonchev–Trinajstić information content (AvgIpc) is 3.06. The average molecular weight is 435 g/mol. The van der Waals surface area contributed by atoms with Gasteiger partial charge in [-0.15, -0.1) is 0 Å². The Bertz CT molecular complexity index is 1190. The van der Waals surface area contributed by atoms with Crippen LogP contribution in [0.1, 0.15) is 22.7 Å². The third-order valence-electron chi connectivity index (χ3n) is 5.26. The molecule has 2 heterocycles. The summed E-state index contributed by atoms with van der Waals surface area (Å²) in [5, 5.41) is 11.5. The van der Waals surface area contributed by atoms with Crippen LogP contribution in [0.25, 0.3) is 5.76 Å². The van der Waals surface area contributed by atoms with Gasteiger partial charge in [-0.25, -0.2) is 0 Å². The normalized spacial score (nSPS) is 17.8. The number of rotatable bonds is 4. The zero-order chi connectivity index (χ0) is 22.1. The number of halogens is 1. The lowest BCUT2D eigenvalue weighted by molar-refractivity contribution is -0.132. The molecule has 7 heteroatoms. The van der Waals surface area contributed by atoms with E-state index in [-0.39, 0.29) is 11.3 Å². The molecule has 1 N–H and O–H groups in total. The van der Waals surface area contributed by atoms with E-state index in [4.69, 9.17) is 16.3 Å². The largest absolute Gasteiger partial charge is 0.507 e. The third-order valence-corrected chi connectivity index (χ3v) is 5.67. The highest BCUT2D eigenvalue weighted by atomic mass is 35.5. The first-order chi connectivity index (χ1) is 14.9. The molecule has 1 amide bonds. The highest BCUT2D eigenvalue weighted by Crippen LogP contribution is 2.42. The summed E-state index contributed by atoms with van der Waals surface area (Å²) in [6.07, 6.45) is 3.15. The van der Waals surface area contributed by atoms with Crippen LogP contribution < -0.4 is 9.64 Å². The van der Waals surface area contributed by atoms with Crippen LogP contribution in [-0.4, -0.2) is 28.9 Å². The lowest BCUT2D eigenvalue weighted by atomic mass is 9.95. The van der Waals surface area contributed by atoms with Crippen LogP contribution in [0.3, 0.4) is 0 Å². The summed E-state index contributed by atoms with van der Waals surface area (Å²) >= 11 is 6.29. The Morgan fingerprint density at radius 3 is 2.35 bits per heavy atom. The minimum atomic E-state index is -0.830. The van der Waals surface area contributed by atoms with Crippen LogP contribution in [0.15, 0.2) is 72.6 Å². The molecule has 2 aromatic carbocycles. The molecule has 1 fully saturated rings. The Morgan fingerprint density at radius 2 is 1.74 bits per heavy atom. The minimum absolute atomic E-state index is 0.00179. The van der Waals surface area contributed by atoms with Crippen LogP contribution in [-0.2, 0) is 9.59 Å². The molecule has 1 aromatic heterocycles. The highest BCUT2D eigenvalue weighted by molar-refractivity contribution is 6.51. The summed E-state index contributed by atoms with van der Waals surface area (Å²) in [5.41, 5.74) is 2.35. The van der Waals surface area contributed by atoms with Crippen molar-refractivity contribution in [3.8, 4) is 5.75 Å². The van der Waals surface area contributed by atoms with E-state index in [0.717, 1.165) is 5.56 Å². The van der Waals surface area contributed by atoms with Gasteiger partial charge in [0, 0.05) is 28.7 Å². The number of aromatic nitrogens is 1. The monoisotopic (exact) mass is 434 g/mol. The number of aryl methyl sites for hydroxylation is 1. The van der Waals surface area contributed by atoms with Crippen molar-refractivity contribution < 1.29 is 19.4 Å². The number of benzene rings is 2. The fourth-order valence-electron chi connectivity index (χ4n) is 3.60. The Morgan fingerprint density at radius 1 is 1.06 bits per heavy atom. The number of ketones is 1. The van der Waals surface area contributed by atoms with Crippen molar-refractivity contribution in [1.82, 2.24) is 4.98 Å². The molecule has 1 saturated heterocycles. The predicted molar refractivity (Wildman–Crippen MR) is 118 cm³/mol. The Balaban J connectivity index is 1.92. The Hall–Kier alpha value is -3.64. The molecule has 1 aliphatic heterocycles. The summed E-state index contributed by atoms with van der Waals surface area (Å²) in [5.74, 6) is -1.16. The van der Waals surface area contributed by atoms with E-state index in [1.807, 2.05) is 6.92 Å². The molecule has 156 valence electrons. The molecule has 0 saturated carbocycles. The lowest BCUT2D eigenvalue weighted by Crippen LogP contribution is -2.29. The summed E-state index contributed by atoms with van der Waals surface area (Å²) in [6.45, 7) is 1.85. The second kappa shape index (κ2) is 8.24. The van der Waals surface area contributed by atoms with Crippen molar-refractivity contribution in [2.75, 3.05) is 12.0 Å². The molecule has 0 radical (unpaired) electrons. The number of pyridine rings is 1. The Kier molecular flexibility index (Phi) is 5.48. The first-order valence-corrected chi connectivity index (χ1v) is 9.91. The van der Waals surface area contributed by atoms with Crippen molar-refractivity contribution in [1.29, 1.82) is 0 Å². The number of anilines is 1. The van der Waals surface area contributed by atoms with E-state index < -0.39 is 17.7 Å². The molecule has 0 aliphatic carbocycles. The van der Waals surface area contributed by atoms with Crippen molar-refractivity contribution in [3.05, 3.63) is 94.3 Å². The van der Waals surface area contributed by atoms with E-state index >= 15 is 0 Å². The zero-order valence-corrected chi connectivity index (χ0v) is 17.6. The predicted octanol–water partition coefficient (Wildman–Crippen LogP) is 4.68. The van der Waals surface area contributed by atoms with Gasteiger partial charge >= 0.3 is 0 Å². The smallest absolute Gasteiger partial charge is 0.300 e. The summed E-state index contributed by atoms with van der Waals surface area (Å²) in [7, 11) is 1.54. The van der Waals surface area contributed by atoms with Gasteiger partial charge in [0.05, 0.1) is 18.7 Å². The molecular weight excluding hydrogens is 416 g/mol. The van der Waals surface area contributed by atoms with Crippen molar-refractivity contribution >= 4 is 34.7 Å². The van der Waals surface area contributed by atoms with Crippen molar-refractivity contribution in [3.63, 3.8) is 0 Å². The molecule has 1 aliphatic rings. The number of hydrogen-bond acceptors (Lipinski definition) is 5. The summed E-state index contributed by atoms with van der Waals surface area (Å²) in [6, 6.07) is 14.4. The van der Waals surface area contributed by atoms with Gasteiger partial charge in [-0.05, 0) is 66.6 Å². The van der Waals surface area contributed by atoms with Crippen molar-refractivity contribution in [2.45, 2.75) is 13.0 Å². The summed E-state index contributed by atoms with van der Waals surface area (Å²) in [4.78, 5) is 31.5. The van der Waals surface area contributed by atoms with E-state index in [1.54, 1.807) is 67.0 Å². The number of methoxy groups -OCH3 is 1. The highest BCUT2D eigenvalue weighted by Gasteiger charge is 2.47. The van der Waals surface area contributed by atoms with Crippen molar-refractivity contribution in [2.24, 2.45) is 0 Å². The number of Topliss-reactive ketones (excluding diaryl/α,β-unsaturated/α-hetero) is 1. The van der Waals surface area contributed by atoms with Crippen LogP contribution in [0.2, 0.25) is 5.02 Å². The van der Waals surface area contributed by atoms with E-state index in [2.05, 4.69) is 4.98 Å². The molecule has 31 heavy (non-hydrogen) atoms. The number of hydrogen-bond donors (Lipinski definition) is 1. The van der Waals surface area contributed by atoms with Gasteiger partial charge < -0.3 is 9.84 Å². The molecule has 0 spiro atoms. The number of aliphatic hydroxyl groups is 1. The maximum atomic E-state index is 13.1. The fraction of sp³-hybridized carbons (Fsp3) is 0.125. The van der Waals surface area contributed by atoms with Crippen LogP contribution in [0.4, 0.5) is 5.69 Å². The van der Waals surface area contributed by atoms with Gasteiger partial charge in [-0.1, -0.05) is 17.7 Å². The summed E-state index contributed by atoms with van der Waals surface area (Å²) < 4.78 is 5.15. The number of nitrogens with zero attached hydrogens (tertiary/aromatic N) is 2. The molecule has 4 rings (SSSR count). The van der Waals surface area contributed by atoms with Gasteiger partial charge in [0.2, 0.25) is 0 Å². The quantitative estimate of drug-likeness (QED) is 0.366. The van der Waals surface area contributed by atoms with Gasteiger partial charge in [-0.2, -0.15) is 0 Å². The first kappa shape index (κ1) is 20.6. The zero-order valence-electron chi connectivity index (χ0n) is 16.9. The van der Waals surface area contributed by atoms with Gasteiger partial charge in [0.25, 0.3) is 11.7 Å². The van der Waals surface area contributed by atoms with Gasteiger partial charge in [-0.3, -0.25) is 19.5 Å². The second-order valence-corrected chi connectivity index (χ2v) is 7.52. The van der Waals surface area contributed by atoms with E-state index in [9.17, 15) is 14.7 Å². The van der Waals surface area contributed by atoms with Gasteiger partial charge in [0.1, 0.15) is 11.5 Å². The molecule has 1 unspecified atom stereocenters. The SMILES string of the molecule is COc1ccc(/C(O)=C2\C(=O)C(=O)N(c3ccc(C)c(Cl)c3)C2c2ccncc2)cc1. The second-order valence-electron chi connectivity index (χ2n) is 7.11. The molecule has 0 bridgehead atoms. The Labute approximate surface area is 184 Å². The number of aliphatic hydroxyl groups excluding tert-OH is 1. The maximum Gasteiger partial charge on any atom is 0.300 e. The van der Waals surface area contributed by atoms with Crippen LogP contribution in [0.5, 0.6) is 5.75 Å². The van der Waals surface area contributed by atoms with Crippen LogP contribution in [0, 0.1) is 6.92 Å². The van der Waals surface area contributed by atoms with Gasteiger partial charge in [0.15, 0.2) is 0 Å². The number of ether oxygens (including phenoxy) is 1. The number of carbonyl (C=O) groups is 2. The molecule has 3 aromatic rings. The van der Waals surface area contributed by atoms with E-state index in [0.29, 0.717) is 27.6 Å². The topological polar surface area (TPSA) is 79.7 Å². The maximum absolute atomic E-state index is 13.1. The van der Waals surface area contributed by atoms with E-state index in [1.165, 1.54) is 12.0 Å². The molecule has 6 nitrogen and oxygen atoms in total. The molecular formula is C24H19ClN2O4. The standard InChI is InChI=1S/C24H19ClN2O4/c1-14-3-6-17(13-19(14)25)27-21(15-9-11-26-12-10-15)20(23(29)24(27)30)22(28)16-4-7-18(31-2)8-5-16/h3-13,21,28H,1-2H3/b22-20+. The first-order valence-electron chi connectivity index (χ1n) is 9.54. The molecule has 1 atom stereocenters. The number of amides is 1. The fourth-order valence-corrected chi connectivity index (χ4v) is 3.77. The third kappa shape index (κ3) is 3.66.